The SMILES string of the molecule is C=C(CO)C(=O)OCCOc1cc(OCCOC(=O)C(C)CO)cc(-c2ccc(C3CCC(CC/C=C/C)CC3)cc2C)c1. The minimum Gasteiger partial charge on any atom is -0.490 e. The highest BCUT2D eigenvalue weighted by Gasteiger charge is 2.22. The molecule has 0 saturated heterocycles. The van der Waals surface area contributed by atoms with Crippen LogP contribution in [0.3, 0.4) is 0 Å². The smallest absolute Gasteiger partial charge is 0.335 e. The van der Waals surface area contributed by atoms with Crippen LogP contribution in [0.5, 0.6) is 11.5 Å². The van der Waals surface area contributed by atoms with Crippen LogP contribution in [0.2, 0.25) is 0 Å². The molecule has 0 bridgehead atoms. The fourth-order valence-electron chi connectivity index (χ4n) is 5.42. The molecule has 3 rings (SSSR count). The summed E-state index contributed by atoms with van der Waals surface area (Å²) in [4.78, 5) is 23.6. The normalized spacial score (nSPS) is 17.2. The zero-order valence-corrected chi connectivity index (χ0v) is 26.4. The molecular weight excluding hydrogens is 560 g/mol. The van der Waals surface area contributed by atoms with E-state index in [0.29, 0.717) is 17.4 Å². The van der Waals surface area contributed by atoms with Crippen molar-refractivity contribution in [2.75, 3.05) is 39.6 Å². The van der Waals surface area contributed by atoms with Gasteiger partial charge in [0.1, 0.15) is 37.9 Å². The fraction of sp³-hybridized carbons (Fsp3) is 0.500. The Morgan fingerprint density at radius 1 is 0.955 bits per heavy atom. The zero-order chi connectivity index (χ0) is 31.9. The zero-order valence-electron chi connectivity index (χ0n) is 26.4. The van der Waals surface area contributed by atoms with Crippen molar-refractivity contribution in [1.29, 1.82) is 0 Å². The van der Waals surface area contributed by atoms with E-state index in [0.717, 1.165) is 22.6 Å². The molecule has 1 saturated carbocycles. The lowest BCUT2D eigenvalue weighted by molar-refractivity contribution is -0.149. The van der Waals surface area contributed by atoms with Gasteiger partial charge >= 0.3 is 11.9 Å². The molecule has 0 heterocycles. The summed E-state index contributed by atoms with van der Waals surface area (Å²) in [6.07, 6.45) is 11.9. The van der Waals surface area contributed by atoms with Gasteiger partial charge in [-0.05, 0) is 106 Å². The van der Waals surface area contributed by atoms with Crippen molar-refractivity contribution in [3.8, 4) is 22.6 Å². The maximum absolute atomic E-state index is 11.9. The maximum Gasteiger partial charge on any atom is 0.335 e. The summed E-state index contributed by atoms with van der Waals surface area (Å²) in [5.74, 6) is 0.722. The molecule has 8 heteroatoms. The van der Waals surface area contributed by atoms with E-state index in [1.165, 1.54) is 44.1 Å². The van der Waals surface area contributed by atoms with E-state index >= 15 is 0 Å². The number of hydrogen-bond acceptors (Lipinski definition) is 8. The van der Waals surface area contributed by atoms with Crippen molar-refractivity contribution in [2.24, 2.45) is 11.8 Å². The lowest BCUT2D eigenvalue weighted by atomic mass is 9.76. The van der Waals surface area contributed by atoms with Gasteiger partial charge in [0, 0.05) is 6.07 Å². The predicted octanol–water partition coefficient (Wildman–Crippen LogP) is 6.31. The highest BCUT2D eigenvalue weighted by molar-refractivity contribution is 5.87. The van der Waals surface area contributed by atoms with E-state index in [4.69, 9.17) is 29.2 Å². The van der Waals surface area contributed by atoms with Gasteiger partial charge in [0.05, 0.1) is 24.7 Å². The highest BCUT2D eigenvalue weighted by atomic mass is 16.6. The van der Waals surface area contributed by atoms with Crippen LogP contribution in [0.4, 0.5) is 0 Å². The van der Waals surface area contributed by atoms with Crippen LogP contribution in [0, 0.1) is 18.8 Å². The van der Waals surface area contributed by atoms with Crippen molar-refractivity contribution in [2.45, 2.75) is 65.2 Å². The van der Waals surface area contributed by atoms with E-state index in [-0.39, 0.29) is 38.6 Å². The molecular formula is C36H48O8. The molecule has 1 atom stereocenters. The largest absolute Gasteiger partial charge is 0.490 e. The molecule has 0 radical (unpaired) electrons. The molecule has 0 aliphatic heterocycles. The lowest BCUT2D eigenvalue weighted by Crippen LogP contribution is -2.20. The molecule has 1 aliphatic carbocycles. The van der Waals surface area contributed by atoms with Crippen molar-refractivity contribution in [3.63, 3.8) is 0 Å². The molecule has 0 amide bonds. The van der Waals surface area contributed by atoms with Crippen LogP contribution in [0.25, 0.3) is 11.1 Å². The van der Waals surface area contributed by atoms with Gasteiger partial charge in [0.15, 0.2) is 0 Å². The summed E-state index contributed by atoms with van der Waals surface area (Å²) in [5.41, 5.74) is 4.48. The Hall–Kier alpha value is -3.62. The third-order valence-corrected chi connectivity index (χ3v) is 8.07. The number of aliphatic hydroxyl groups is 2. The highest BCUT2D eigenvalue weighted by Crippen LogP contribution is 2.39. The molecule has 1 aliphatic rings. The molecule has 1 unspecified atom stereocenters. The van der Waals surface area contributed by atoms with Crippen LogP contribution in [0.1, 0.15) is 69.4 Å². The number of allylic oxidation sites excluding steroid dienone is 2. The number of carbonyl (C=O) groups is 2. The third kappa shape index (κ3) is 10.8. The number of hydrogen-bond donors (Lipinski definition) is 2. The first-order valence-electron chi connectivity index (χ1n) is 15.6. The summed E-state index contributed by atoms with van der Waals surface area (Å²) in [5, 5.41) is 18.2. The van der Waals surface area contributed by atoms with Crippen molar-refractivity contribution < 1.29 is 38.7 Å². The molecule has 0 spiro atoms. The van der Waals surface area contributed by atoms with Gasteiger partial charge in [-0.3, -0.25) is 4.79 Å². The van der Waals surface area contributed by atoms with Crippen molar-refractivity contribution in [1.82, 2.24) is 0 Å². The number of carbonyl (C=O) groups excluding carboxylic acids is 2. The molecule has 8 nitrogen and oxygen atoms in total. The summed E-state index contributed by atoms with van der Waals surface area (Å²) in [6.45, 7) is 8.77. The summed E-state index contributed by atoms with van der Waals surface area (Å²) < 4.78 is 22.1. The molecule has 2 aromatic carbocycles. The number of aryl methyl sites for hydroxylation is 1. The van der Waals surface area contributed by atoms with Crippen molar-refractivity contribution >= 4 is 11.9 Å². The second-order valence-electron chi connectivity index (χ2n) is 11.5. The van der Waals surface area contributed by atoms with Gasteiger partial charge in [-0.25, -0.2) is 4.79 Å². The quantitative estimate of drug-likeness (QED) is 0.0930. The topological polar surface area (TPSA) is 112 Å². The standard InChI is InChI=1S/C36H48O8/c1-5-6-7-8-28-9-11-29(12-10-28)30-13-14-34(25(2)19-30)31-20-32(41-15-17-43-35(39)26(3)23-37)22-33(21-31)42-16-18-44-36(40)27(4)24-38/h5-6,13-14,19-22,27-29,37-38H,3,7-12,15-18,23-24H2,1-2,4H3/b6-5+. The van der Waals surface area contributed by atoms with E-state index < -0.39 is 24.5 Å². The Morgan fingerprint density at radius 2 is 1.61 bits per heavy atom. The predicted molar refractivity (Wildman–Crippen MR) is 171 cm³/mol. The number of ether oxygens (including phenoxy) is 4. The Balaban J connectivity index is 1.70. The Bertz CT molecular complexity index is 1260. The molecule has 1 fully saturated rings. The van der Waals surface area contributed by atoms with Crippen LogP contribution >= 0.6 is 0 Å². The minimum absolute atomic E-state index is 0.0114. The maximum atomic E-state index is 11.9. The van der Waals surface area contributed by atoms with E-state index in [1.54, 1.807) is 13.0 Å². The Labute approximate surface area is 261 Å². The molecule has 44 heavy (non-hydrogen) atoms. The van der Waals surface area contributed by atoms with E-state index in [2.05, 4.69) is 50.8 Å². The average molecular weight is 609 g/mol. The van der Waals surface area contributed by atoms with E-state index in [9.17, 15) is 9.59 Å². The molecule has 2 N–H and O–H groups in total. The number of aliphatic hydroxyl groups excluding tert-OH is 2. The Kier molecular flexibility index (Phi) is 14.5. The first kappa shape index (κ1) is 34.9. The second kappa shape index (κ2) is 18.2. The van der Waals surface area contributed by atoms with E-state index in [1.807, 2.05) is 12.1 Å². The van der Waals surface area contributed by atoms with Crippen LogP contribution in [-0.4, -0.2) is 61.8 Å². The monoisotopic (exact) mass is 608 g/mol. The average Bonchev–Trinajstić information content (AvgIpc) is 3.04. The molecule has 2 aromatic rings. The summed E-state index contributed by atoms with van der Waals surface area (Å²) >= 11 is 0. The molecule has 240 valence electrons. The first-order chi connectivity index (χ1) is 21.2. The van der Waals surface area contributed by atoms with Crippen LogP contribution in [0.15, 0.2) is 60.7 Å². The van der Waals surface area contributed by atoms with Gasteiger partial charge in [-0.1, -0.05) is 36.9 Å². The summed E-state index contributed by atoms with van der Waals surface area (Å²) in [7, 11) is 0. The van der Waals surface area contributed by atoms with Gasteiger partial charge < -0.3 is 29.2 Å². The number of benzene rings is 2. The molecule has 0 aromatic heterocycles. The second-order valence-corrected chi connectivity index (χ2v) is 11.5. The van der Waals surface area contributed by atoms with Gasteiger partial charge in [0.25, 0.3) is 0 Å². The van der Waals surface area contributed by atoms with Crippen LogP contribution < -0.4 is 9.47 Å². The Morgan fingerprint density at radius 3 is 2.20 bits per heavy atom. The number of rotatable bonds is 17. The lowest BCUT2D eigenvalue weighted by Gasteiger charge is -2.29. The summed E-state index contributed by atoms with van der Waals surface area (Å²) in [6, 6.07) is 12.3. The third-order valence-electron chi connectivity index (χ3n) is 8.07. The van der Waals surface area contributed by atoms with Gasteiger partial charge in [0.2, 0.25) is 0 Å². The van der Waals surface area contributed by atoms with Gasteiger partial charge in [-0.15, -0.1) is 0 Å². The fourth-order valence-corrected chi connectivity index (χ4v) is 5.42. The number of esters is 2. The van der Waals surface area contributed by atoms with Crippen molar-refractivity contribution in [3.05, 3.63) is 71.8 Å². The van der Waals surface area contributed by atoms with Gasteiger partial charge in [-0.2, -0.15) is 0 Å². The minimum atomic E-state index is -0.670. The first-order valence-corrected chi connectivity index (χ1v) is 15.6. The van der Waals surface area contributed by atoms with Crippen LogP contribution in [-0.2, 0) is 19.1 Å².